The van der Waals surface area contributed by atoms with Crippen molar-refractivity contribution in [3.8, 4) is 5.75 Å². The lowest BCUT2D eigenvalue weighted by molar-refractivity contribution is 0.0681. The molecule has 98 valence electrons. The van der Waals surface area contributed by atoms with Gasteiger partial charge in [-0.15, -0.1) is 0 Å². The minimum atomic E-state index is 0.0376. The second kappa shape index (κ2) is 6.55. The first kappa shape index (κ1) is 13.1. The topological polar surface area (TPSA) is 35.5 Å². The quantitative estimate of drug-likeness (QED) is 0.726. The van der Waals surface area contributed by atoms with Crippen molar-refractivity contribution >= 4 is 5.78 Å². The van der Waals surface area contributed by atoms with Gasteiger partial charge in [-0.2, -0.15) is 0 Å². The molecule has 0 spiro atoms. The molecule has 0 aromatic heterocycles. The Morgan fingerprint density at radius 1 is 1.22 bits per heavy atom. The molecule has 1 aliphatic rings. The molecule has 1 aromatic carbocycles. The highest BCUT2D eigenvalue weighted by Gasteiger charge is 2.15. The number of rotatable bonds is 6. The van der Waals surface area contributed by atoms with Crippen molar-refractivity contribution in [3.05, 3.63) is 29.8 Å². The van der Waals surface area contributed by atoms with Crippen LogP contribution in [0.5, 0.6) is 5.75 Å². The molecule has 0 saturated heterocycles. The average Bonchev–Trinajstić information content (AvgIpc) is 2.92. The third-order valence-electron chi connectivity index (χ3n) is 3.47. The van der Waals surface area contributed by atoms with E-state index < -0.39 is 0 Å². The minimum absolute atomic E-state index is 0.0376. The Morgan fingerprint density at radius 2 is 1.89 bits per heavy atom. The largest absolute Gasteiger partial charge is 0.497 e. The normalized spacial score (nSPS) is 15.8. The molecule has 1 aliphatic carbocycles. The number of carbonyl (C=O) groups excluding carboxylic acids is 1. The summed E-state index contributed by atoms with van der Waals surface area (Å²) in [6.07, 6.45) is 5.11. The summed E-state index contributed by atoms with van der Waals surface area (Å²) in [5.41, 5.74) is 0.683. The van der Waals surface area contributed by atoms with Crippen molar-refractivity contribution in [1.29, 1.82) is 0 Å². The molecule has 2 rings (SSSR count). The van der Waals surface area contributed by atoms with E-state index in [9.17, 15) is 4.79 Å². The Bertz CT molecular complexity index is 377. The minimum Gasteiger partial charge on any atom is -0.497 e. The molecule has 0 heterocycles. The molecular formula is C15H20O3. The summed E-state index contributed by atoms with van der Waals surface area (Å²) >= 11 is 0. The van der Waals surface area contributed by atoms with Crippen LogP contribution in [0.1, 0.15) is 36.0 Å². The zero-order valence-electron chi connectivity index (χ0n) is 10.9. The summed E-state index contributed by atoms with van der Waals surface area (Å²) in [6, 6.07) is 7.15. The fraction of sp³-hybridized carbons (Fsp3) is 0.533. The van der Waals surface area contributed by atoms with Crippen molar-refractivity contribution in [2.45, 2.75) is 25.7 Å². The predicted molar refractivity (Wildman–Crippen MR) is 70.1 cm³/mol. The number of methoxy groups -OCH3 is 1. The van der Waals surface area contributed by atoms with Gasteiger partial charge >= 0.3 is 0 Å². The SMILES string of the molecule is COc1ccc(C(=O)COCC2CCCC2)cc1. The van der Waals surface area contributed by atoms with E-state index in [1.54, 1.807) is 31.4 Å². The van der Waals surface area contributed by atoms with Crippen molar-refractivity contribution in [1.82, 2.24) is 0 Å². The second-order valence-electron chi connectivity index (χ2n) is 4.82. The number of ether oxygens (including phenoxy) is 2. The molecule has 1 saturated carbocycles. The van der Waals surface area contributed by atoms with Gasteiger partial charge in [-0.25, -0.2) is 0 Å². The van der Waals surface area contributed by atoms with Crippen LogP contribution in [0.15, 0.2) is 24.3 Å². The number of hydrogen-bond acceptors (Lipinski definition) is 3. The van der Waals surface area contributed by atoms with Gasteiger partial charge in [0.05, 0.1) is 13.7 Å². The van der Waals surface area contributed by atoms with Crippen molar-refractivity contribution in [2.75, 3.05) is 20.3 Å². The number of carbonyl (C=O) groups is 1. The molecule has 1 aromatic rings. The Labute approximate surface area is 108 Å². The Kier molecular flexibility index (Phi) is 4.76. The van der Waals surface area contributed by atoms with Crippen LogP contribution in [0.3, 0.4) is 0 Å². The van der Waals surface area contributed by atoms with E-state index in [0.717, 1.165) is 12.4 Å². The molecular weight excluding hydrogens is 228 g/mol. The van der Waals surface area contributed by atoms with Gasteiger partial charge in [-0.1, -0.05) is 12.8 Å². The van der Waals surface area contributed by atoms with Gasteiger partial charge < -0.3 is 9.47 Å². The van der Waals surface area contributed by atoms with Crippen molar-refractivity contribution < 1.29 is 14.3 Å². The summed E-state index contributed by atoms with van der Waals surface area (Å²) in [4.78, 5) is 11.9. The molecule has 0 bridgehead atoms. The van der Waals surface area contributed by atoms with Crippen LogP contribution >= 0.6 is 0 Å². The third kappa shape index (κ3) is 3.57. The van der Waals surface area contributed by atoms with Crippen molar-refractivity contribution in [3.63, 3.8) is 0 Å². The maximum atomic E-state index is 11.9. The summed E-state index contributed by atoms with van der Waals surface area (Å²) < 4.78 is 10.6. The molecule has 1 fully saturated rings. The molecule has 0 aliphatic heterocycles. The lowest BCUT2D eigenvalue weighted by Gasteiger charge is -2.09. The summed E-state index contributed by atoms with van der Waals surface area (Å²) in [5, 5.41) is 0. The van der Waals surface area contributed by atoms with Gasteiger partial charge in [0.25, 0.3) is 0 Å². The van der Waals surface area contributed by atoms with E-state index in [1.807, 2.05) is 0 Å². The first-order valence-corrected chi connectivity index (χ1v) is 6.54. The zero-order chi connectivity index (χ0) is 12.8. The molecule has 3 nitrogen and oxygen atoms in total. The van der Waals surface area contributed by atoms with Gasteiger partial charge in [0.2, 0.25) is 0 Å². The molecule has 18 heavy (non-hydrogen) atoms. The Balaban J connectivity index is 1.76. The zero-order valence-corrected chi connectivity index (χ0v) is 10.9. The summed E-state index contributed by atoms with van der Waals surface area (Å²) in [7, 11) is 1.61. The van der Waals surface area contributed by atoms with Gasteiger partial charge in [0.15, 0.2) is 5.78 Å². The smallest absolute Gasteiger partial charge is 0.188 e. The van der Waals surface area contributed by atoms with Crippen LogP contribution in [-0.4, -0.2) is 26.1 Å². The first-order chi connectivity index (χ1) is 8.79. The highest BCUT2D eigenvalue weighted by atomic mass is 16.5. The number of benzene rings is 1. The fourth-order valence-electron chi connectivity index (χ4n) is 2.36. The van der Waals surface area contributed by atoms with Crippen LogP contribution in [0.4, 0.5) is 0 Å². The maximum Gasteiger partial charge on any atom is 0.188 e. The molecule has 0 radical (unpaired) electrons. The van der Waals surface area contributed by atoms with Gasteiger partial charge in [0, 0.05) is 5.56 Å². The Morgan fingerprint density at radius 3 is 2.50 bits per heavy atom. The molecule has 0 unspecified atom stereocenters. The highest BCUT2D eigenvalue weighted by Crippen LogP contribution is 2.24. The number of ketones is 1. The van der Waals surface area contributed by atoms with E-state index in [-0.39, 0.29) is 12.4 Å². The van der Waals surface area contributed by atoms with Crippen LogP contribution in [-0.2, 0) is 4.74 Å². The fourth-order valence-corrected chi connectivity index (χ4v) is 2.36. The molecule has 0 atom stereocenters. The van der Waals surface area contributed by atoms with Crippen LogP contribution in [0.2, 0.25) is 0 Å². The second-order valence-corrected chi connectivity index (χ2v) is 4.82. The highest BCUT2D eigenvalue weighted by molar-refractivity contribution is 5.97. The first-order valence-electron chi connectivity index (χ1n) is 6.54. The van der Waals surface area contributed by atoms with Crippen LogP contribution < -0.4 is 4.74 Å². The molecule has 3 heteroatoms. The van der Waals surface area contributed by atoms with Crippen LogP contribution in [0.25, 0.3) is 0 Å². The standard InChI is InChI=1S/C15H20O3/c1-17-14-8-6-13(7-9-14)15(16)11-18-10-12-4-2-3-5-12/h6-9,12H,2-5,10-11H2,1H3. The lowest BCUT2D eigenvalue weighted by atomic mass is 10.1. The average molecular weight is 248 g/mol. The van der Waals surface area contributed by atoms with Crippen molar-refractivity contribution in [2.24, 2.45) is 5.92 Å². The third-order valence-corrected chi connectivity index (χ3v) is 3.47. The summed E-state index contributed by atoms with van der Waals surface area (Å²) in [6.45, 7) is 0.907. The van der Waals surface area contributed by atoms with E-state index in [1.165, 1.54) is 25.7 Å². The number of hydrogen-bond donors (Lipinski definition) is 0. The summed E-state index contributed by atoms with van der Waals surface area (Å²) in [5.74, 6) is 1.46. The monoisotopic (exact) mass is 248 g/mol. The van der Waals surface area contributed by atoms with Gasteiger partial charge in [0.1, 0.15) is 12.4 Å². The predicted octanol–water partition coefficient (Wildman–Crippen LogP) is 3.08. The van der Waals surface area contributed by atoms with E-state index in [0.29, 0.717) is 11.5 Å². The van der Waals surface area contributed by atoms with Gasteiger partial charge in [-0.3, -0.25) is 4.79 Å². The van der Waals surface area contributed by atoms with E-state index >= 15 is 0 Å². The van der Waals surface area contributed by atoms with E-state index in [2.05, 4.69) is 0 Å². The maximum absolute atomic E-state index is 11.9. The van der Waals surface area contributed by atoms with Crippen LogP contribution in [0, 0.1) is 5.92 Å². The van der Waals surface area contributed by atoms with Gasteiger partial charge in [-0.05, 0) is 43.0 Å². The molecule has 0 N–H and O–H groups in total. The van der Waals surface area contributed by atoms with E-state index in [4.69, 9.17) is 9.47 Å². The Hall–Kier alpha value is -1.35. The number of Topliss-reactive ketones (excluding diaryl/α,β-unsaturated/α-hetero) is 1. The molecule has 0 amide bonds. The lowest BCUT2D eigenvalue weighted by Crippen LogP contribution is -2.13.